The average Bonchev–Trinajstić information content (AvgIpc) is 2.43. The molecule has 0 atom stereocenters. The first-order valence-electron chi connectivity index (χ1n) is 6.84. The zero-order valence-electron chi connectivity index (χ0n) is 10.8. The van der Waals surface area contributed by atoms with E-state index < -0.39 is 0 Å². The van der Waals surface area contributed by atoms with Gasteiger partial charge in [-0.2, -0.15) is 0 Å². The monoisotopic (exact) mass is 319 g/mol. The molecular weight excluding hydrogens is 302 g/mol. The number of fused-ring (bicyclic) bond motifs is 1. The molecule has 1 saturated carbocycles. The fourth-order valence-electron chi connectivity index (χ4n) is 2.80. The van der Waals surface area contributed by atoms with Gasteiger partial charge in [0.1, 0.15) is 0 Å². The van der Waals surface area contributed by atoms with Gasteiger partial charge in [0, 0.05) is 27.8 Å². The van der Waals surface area contributed by atoms with Crippen molar-refractivity contribution in [3.05, 3.63) is 28.9 Å². The van der Waals surface area contributed by atoms with Crippen LogP contribution in [0.2, 0.25) is 0 Å². The van der Waals surface area contributed by atoms with E-state index in [0.717, 1.165) is 26.8 Å². The lowest BCUT2D eigenvalue weighted by Gasteiger charge is -2.24. The molecule has 4 heteroatoms. The van der Waals surface area contributed by atoms with E-state index in [1.54, 1.807) is 0 Å². The minimum Gasteiger partial charge on any atom is -0.398 e. The number of benzene rings is 1. The summed E-state index contributed by atoms with van der Waals surface area (Å²) < 4.78 is 0.960. The van der Waals surface area contributed by atoms with Crippen molar-refractivity contribution in [1.82, 2.24) is 4.98 Å². The normalized spacial score (nSPS) is 16.7. The molecule has 2 aromatic rings. The molecule has 0 bridgehead atoms. The van der Waals surface area contributed by atoms with E-state index in [1.165, 1.54) is 32.1 Å². The molecule has 0 amide bonds. The number of nitrogen functional groups attached to an aromatic ring is 1. The highest BCUT2D eigenvalue weighted by atomic mass is 79.9. The summed E-state index contributed by atoms with van der Waals surface area (Å²) in [5.74, 6) is 0. The number of hydrogen-bond acceptors (Lipinski definition) is 3. The SMILES string of the molecule is Nc1ccc(NC2CCCCC2)c2ncc(Br)cc12. The smallest absolute Gasteiger partial charge is 0.0954 e. The Morgan fingerprint density at radius 1 is 1.21 bits per heavy atom. The predicted molar refractivity (Wildman–Crippen MR) is 84.4 cm³/mol. The average molecular weight is 320 g/mol. The number of halogens is 1. The predicted octanol–water partition coefficient (Wildman–Crippen LogP) is 4.32. The van der Waals surface area contributed by atoms with Crippen LogP contribution in [0.3, 0.4) is 0 Å². The van der Waals surface area contributed by atoms with E-state index in [-0.39, 0.29) is 0 Å². The Bertz CT molecular complexity index is 591. The van der Waals surface area contributed by atoms with Gasteiger partial charge in [-0.25, -0.2) is 0 Å². The van der Waals surface area contributed by atoms with Crippen LogP contribution in [0.1, 0.15) is 32.1 Å². The number of anilines is 2. The number of nitrogens with zero attached hydrogens (tertiary/aromatic N) is 1. The summed E-state index contributed by atoms with van der Waals surface area (Å²) in [6, 6.07) is 6.62. The third kappa shape index (κ3) is 2.68. The van der Waals surface area contributed by atoms with Crippen molar-refractivity contribution >= 4 is 38.2 Å². The Morgan fingerprint density at radius 2 is 2.00 bits per heavy atom. The molecule has 0 unspecified atom stereocenters. The Morgan fingerprint density at radius 3 is 2.79 bits per heavy atom. The Balaban J connectivity index is 1.96. The lowest BCUT2D eigenvalue weighted by molar-refractivity contribution is 0.463. The third-order valence-corrected chi connectivity index (χ3v) is 4.25. The highest BCUT2D eigenvalue weighted by Gasteiger charge is 2.15. The molecule has 1 fully saturated rings. The van der Waals surface area contributed by atoms with Gasteiger partial charge in [-0.05, 0) is 47.0 Å². The summed E-state index contributed by atoms with van der Waals surface area (Å²) in [4.78, 5) is 4.52. The molecule has 0 spiro atoms. The minimum atomic E-state index is 0.575. The number of pyridine rings is 1. The maximum atomic E-state index is 6.04. The third-order valence-electron chi connectivity index (χ3n) is 3.81. The molecule has 3 rings (SSSR count). The number of hydrogen-bond donors (Lipinski definition) is 2. The molecule has 1 aliphatic rings. The highest BCUT2D eigenvalue weighted by molar-refractivity contribution is 9.10. The van der Waals surface area contributed by atoms with Crippen molar-refractivity contribution < 1.29 is 0 Å². The zero-order valence-corrected chi connectivity index (χ0v) is 12.4. The first-order chi connectivity index (χ1) is 9.24. The van der Waals surface area contributed by atoms with Crippen molar-refractivity contribution in [3.8, 4) is 0 Å². The molecule has 1 aromatic heterocycles. The molecule has 0 aliphatic heterocycles. The standard InChI is InChI=1S/C15H18BrN3/c16-10-8-12-13(17)6-7-14(15(12)18-9-10)19-11-4-2-1-3-5-11/h6-9,11,19H,1-5,17H2. The van der Waals surface area contributed by atoms with Crippen LogP contribution in [0.5, 0.6) is 0 Å². The van der Waals surface area contributed by atoms with Gasteiger partial charge in [-0.1, -0.05) is 19.3 Å². The van der Waals surface area contributed by atoms with Gasteiger partial charge in [0.25, 0.3) is 0 Å². The first kappa shape index (κ1) is 12.7. The van der Waals surface area contributed by atoms with Crippen LogP contribution in [0.4, 0.5) is 11.4 Å². The van der Waals surface area contributed by atoms with Gasteiger partial charge in [-0.15, -0.1) is 0 Å². The fourth-order valence-corrected chi connectivity index (χ4v) is 3.13. The summed E-state index contributed by atoms with van der Waals surface area (Å²) in [6.07, 6.45) is 8.34. The molecule has 3 nitrogen and oxygen atoms in total. The van der Waals surface area contributed by atoms with E-state index in [0.29, 0.717) is 6.04 Å². The van der Waals surface area contributed by atoms with Crippen molar-refractivity contribution in [2.75, 3.05) is 11.1 Å². The number of rotatable bonds is 2. The zero-order chi connectivity index (χ0) is 13.2. The van der Waals surface area contributed by atoms with Gasteiger partial charge < -0.3 is 11.1 Å². The van der Waals surface area contributed by atoms with E-state index in [1.807, 2.05) is 24.4 Å². The van der Waals surface area contributed by atoms with Crippen LogP contribution in [-0.2, 0) is 0 Å². The topological polar surface area (TPSA) is 50.9 Å². The molecule has 100 valence electrons. The van der Waals surface area contributed by atoms with Gasteiger partial charge in [-0.3, -0.25) is 4.98 Å². The molecule has 1 aliphatic carbocycles. The minimum absolute atomic E-state index is 0.575. The van der Waals surface area contributed by atoms with Gasteiger partial charge in [0.15, 0.2) is 0 Å². The van der Waals surface area contributed by atoms with Crippen molar-refractivity contribution in [1.29, 1.82) is 0 Å². The summed E-state index contributed by atoms with van der Waals surface area (Å²) in [5.41, 5.74) is 8.88. The molecule has 3 N–H and O–H groups in total. The van der Waals surface area contributed by atoms with Crippen LogP contribution >= 0.6 is 15.9 Å². The van der Waals surface area contributed by atoms with Gasteiger partial charge in [0.05, 0.1) is 11.2 Å². The summed E-state index contributed by atoms with van der Waals surface area (Å²) in [6.45, 7) is 0. The number of nitrogens with two attached hydrogens (primary N) is 1. The second-order valence-electron chi connectivity index (χ2n) is 5.23. The van der Waals surface area contributed by atoms with Crippen LogP contribution in [-0.4, -0.2) is 11.0 Å². The van der Waals surface area contributed by atoms with Crippen molar-refractivity contribution in [3.63, 3.8) is 0 Å². The van der Waals surface area contributed by atoms with E-state index in [2.05, 4.69) is 26.2 Å². The lowest BCUT2D eigenvalue weighted by Crippen LogP contribution is -2.22. The van der Waals surface area contributed by atoms with Crippen LogP contribution in [0.25, 0.3) is 10.9 Å². The van der Waals surface area contributed by atoms with E-state index in [4.69, 9.17) is 5.73 Å². The molecule has 1 heterocycles. The van der Waals surface area contributed by atoms with E-state index in [9.17, 15) is 0 Å². The highest BCUT2D eigenvalue weighted by Crippen LogP contribution is 2.30. The van der Waals surface area contributed by atoms with Crippen LogP contribution < -0.4 is 11.1 Å². The molecule has 0 saturated heterocycles. The van der Waals surface area contributed by atoms with Gasteiger partial charge >= 0.3 is 0 Å². The van der Waals surface area contributed by atoms with Crippen LogP contribution in [0.15, 0.2) is 28.9 Å². The summed E-state index contributed by atoms with van der Waals surface area (Å²) >= 11 is 3.45. The molecular formula is C15H18BrN3. The van der Waals surface area contributed by atoms with E-state index >= 15 is 0 Å². The quantitative estimate of drug-likeness (QED) is 0.810. The lowest BCUT2D eigenvalue weighted by atomic mass is 9.95. The second kappa shape index (κ2) is 5.37. The molecule has 0 radical (unpaired) electrons. The first-order valence-corrected chi connectivity index (χ1v) is 7.63. The van der Waals surface area contributed by atoms with Crippen LogP contribution in [0, 0.1) is 0 Å². The van der Waals surface area contributed by atoms with Crippen molar-refractivity contribution in [2.24, 2.45) is 0 Å². The second-order valence-corrected chi connectivity index (χ2v) is 6.15. The largest absolute Gasteiger partial charge is 0.398 e. The Kier molecular flexibility index (Phi) is 3.60. The molecule has 19 heavy (non-hydrogen) atoms. The number of aromatic nitrogens is 1. The fraction of sp³-hybridized carbons (Fsp3) is 0.400. The maximum absolute atomic E-state index is 6.04. The number of nitrogens with one attached hydrogen (secondary N) is 1. The Labute approximate surface area is 121 Å². The molecule has 1 aromatic carbocycles. The van der Waals surface area contributed by atoms with Gasteiger partial charge in [0.2, 0.25) is 0 Å². The van der Waals surface area contributed by atoms with Crippen molar-refractivity contribution in [2.45, 2.75) is 38.1 Å². The summed E-state index contributed by atoms with van der Waals surface area (Å²) in [5, 5.41) is 4.65. The summed E-state index contributed by atoms with van der Waals surface area (Å²) in [7, 11) is 0. The Hall–Kier alpha value is -1.29. The maximum Gasteiger partial charge on any atom is 0.0954 e.